The van der Waals surface area contributed by atoms with E-state index in [1.165, 1.54) is 0 Å². The van der Waals surface area contributed by atoms with Gasteiger partial charge in [0.1, 0.15) is 5.56 Å². The smallest absolute Gasteiger partial charge is 0.256 e. The second kappa shape index (κ2) is 7.76. The summed E-state index contributed by atoms with van der Waals surface area (Å²) in [5.41, 5.74) is 2.61. The largest absolute Gasteiger partial charge is 0.477 e. The minimum Gasteiger partial charge on any atom is -0.477 e. The van der Waals surface area contributed by atoms with Gasteiger partial charge in [-0.05, 0) is 44.9 Å². The molecule has 0 spiro atoms. The average molecular weight is 316 g/mol. The van der Waals surface area contributed by atoms with E-state index in [0.29, 0.717) is 24.6 Å². The molecule has 2 aromatic heterocycles. The maximum absolute atomic E-state index is 12.3. The summed E-state index contributed by atoms with van der Waals surface area (Å²) in [5, 5.41) is 7.39. The molecular formula is C17H24N4O2. The summed E-state index contributed by atoms with van der Waals surface area (Å²) < 4.78 is 7.37. The van der Waals surface area contributed by atoms with E-state index in [4.69, 9.17) is 4.74 Å². The first-order valence-electron chi connectivity index (χ1n) is 7.88. The van der Waals surface area contributed by atoms with Crippen molar-refractivity contribution in [3.05, 3.63) is 41.3 Å². The van der Waals surface area contributed by atoms with Gasteiger partial charge in [-0.2, -0.15) is 5.10 Å². The molecule has 0 fully saturated rings. The van der Waals surface area contributed by atoms with Crippen molar-refractivity contribution in [1.29, 1.82) is 0 Å². The lowest BCUT2D eigenvalue weighted by Crippen LogP contribution is -2.30. The van der Waals surface area contributed by atoms with Gasteiger partial charge in [-0.25, -0.2) is 4.98 Å². The number of nitrogens with zero attached hydrogens (tertiary/aromatic N) is 3. The zero-order valence-electron chi connectivity index (χ0n) is 14.2. The molecule has 0 aromatic carbocycles. The number of hydrogen-bond donors (Lipinski definition) is 1. The first-order chi connectivity index (χ1) is 11.0. The molecule has 1 atom stereocenters. The van der Waals surface area contributed by atoms with Crippen LogP contribution in [0.2, 0.25) is 0 Å². The Kier molecular flexibility index (Phi) is 5.73. The molecule has 0 aliphatic rings. The molecule has 0 bridgehead atoms. The Morgan fingerprint density at radius 2 is 2.22 bits per heavy atom. The van der Waals surface area contributed by atoms with Gasteiger partial charge in [0.15, 0.2) is 0 Å². The first kappa shape index (κ1) is 17.0. The van der Waals surface area contributed by atoms with Crippen LogP contribution < -0.4 is 10.1 Å². The molecule has 6 nitrogen and oxygen atoms in total. The van der Waals surface area contributed by atoms with Crippen molar-refractivity contribution in [2.75, 3.05) is 13.2 Å². The SMILES string of the molecule is CCOc1ncccc1C(=O)NC[C@@H](C)Cn1nc(C)cc1C. The number of carbonyl (C=O) groups is 1. The van der Waals surface area contributed by atoms with Crippen molar-refractivity contribution < 1.29 is 9.53 Å². The number of amides is 1. The molecule has 0 radical (unpaired) electrons. The fourth-order valence-electron chi connectivity index (χ4n) is 2.40. The van der Waals surface area contributed by atoms with Gasteiger partial charge in [-0.15, -0.1) is 0 Å². The van der Waals surface area contributed by atoms with Gasteiger partial charge in [0, 0.05) is 25.0 Å². The highest BCUT2D eigenvalue weighted by molar-refractivity contribution is 5.96. The van der Waals surface area contributed by atoms with Crippen LogP contribution in [-0.2, 0) is 6.54 Å². The molecule has 23 heavy (non-hydrogen) atoms. The maximum atomic E-state index is 12.3. The van der Waals surface area contributed by atoms with Crippen LogP contribution in [0, 0.1) is 19.8 Å². The third-order valence-electron chi connectivity index (χ3n) is 3.50. The van der Waals surface area contributed by atoms with E-state index >= 15 is 0 Å². The van der Waals surface area contributed by atoms with E-state index in [0.717, 1.165) is 17.9 Å². The first-order valence-corrected chi connectivity index (χ1v) is 7.88. The topological polar surface area (TPSA) is 69.0 Å². The fraction of sp³-hybridized carbons (Fsp3) is 0.471. The number of hydrogen-bond acceptors (Lipinski definition) is 4. The second-order valence-electron chi connectivity index (χ2n) is 5.71. The molecule has 0 aliphatic heterocycles. The lowest BCUT2D eigenvalue weighted by atomic mass is 10.1. The molecule has 1 N–H and O–H groups in total. The van der Waals surface area contributed by atoms with Crippen LogP contribution in [0.15, 0.2) is 24.4 Å². The third kappa shape index (κ3) is 4.55. The van der Waals surface area contributed by atoms with Crippen molar-refractivity contribution >= 4 is 5.91 Å². The molecular weight excluding hydrogens is 292 g/mol. The normalized spacial score (nSPS) is 12.0. The molecule has 1 amide bonds. The Balaban J connectivity index is 1.92. The zero-order valence-corrected chi connectivity index (χ0v) is 14.2. The highest BCUT2D eigenvalue weighted by Crippen LogP contribution is 2.14. The number of ether oxygens (including phenoxy) is 1. The minimum absolute atomic E-state index is 0.165. The van der Waals surface area contributed by atoms with Crippen LogP contribution in [-0.4, -0.2) is 33.8 Å². The summed E-state index contributed by atoms with van der Waals surface area (Å²) in [6.07, 6.45) is 1.62. The quantitative estimate of drug-likeness (QED) is 0.851. The monoisotopic (exact) mass is 316 g/mol. The van der Waals surface area contributed by atoms with Crippen LogP contribution in [0.4, 0.5) is 0 Å². The predicted molar refractivity (Wildman–Crippen MR) is 88.6 cm³/mol. The fourth-order valence-corrected chi connectivity index (χ4v) is 2.40. The molecule has 6 heteroatoms. The number of nitrogens with one attached hydrogen (secondary N) is 1. The molecule has 0 aliphatic carbocycles. The molecule has 2 aromatic rings. The predicted octanol–water partition coefficient (Wildman–Crippen LogP) is 2.36. The minimum atomic E-state index is -0.165. The van der Waals surface area contributed by atoms with Gasteiger partial charge in [0.05, 0.1) is 12.3 Å². The molecule has 2 heterocycles. The highest BCUT2D eigenvalue weighted by Gasteiger charge is 2.14. The zero-order chi connectivity index (χ0) is 16.8. The van der Waals surface area contributed by atoms with Crippen molar-refractivity contribution in [2.45, 2.75) is 34.2 Å². The summed E-state index contributed by atoms with van der Waals surface area (Å²) in [6, 6.07) is 5.51. The Morgan fingerprint density at radius 3 is 2.87 bits per heavy atom. The Morgan fingerprint density at radius 1 is 1.43 bits per heavy atom. The van der Waals surface area contributed by atoms with Gasteiger partial charge >= 0.3 is 0 Å². The summed E-state index contributed by atoms with van der Waals surface area (Å²) in [5.74, 6) is 0.477. The van der Waals surface area contributed by atoms with Gasteiger partial charge < -0.3 is 10.1 Å². The highest BCUT2D eigenvalue weighted by atomic mass is 16.5. The van der Waals surface area contributed by atoms with E-state index in [1.807, 2.05) is 25.5 Å². The van der Waals surface area contributed by atoms with E-state index in [-0.39, 0.29) is 11.8 Å². The number of aromatic nitrogens is 3. The lowest BCUT2D eigenvalue weighted by molar-refractivity contribution is 0.0942. The summed E-state index contributed by atoms with van der Waals surface area (Å²) in [6.45, 7) is 9.79. The Bertz CT molecular complexity index is 666. The molecule has 0 saturated carbocycles. The number of rotatable bonds is 7. The van der Waals surface area contributed by atoms with Gasteiger partial charge in [0.25, 0.3) is 5.91 Å². The Hall–Kier alpha value is -2.37. The van der Waals surface area contributed by atoms with E-state index < -0.39 is 0 Å². The van der Waals surface area contributed by atoms with Crippen molar-refractivity contribution in [3.63, 3.8) is 0 Å². The van der Waals surface area contributed by atoms with Gasteiger partial charge in [-0.3, -0.25) is 9.48 Å². The lowest BCUT2D eigenvalue weighted by Gasteiger charge is -2.15. The summed E-state index contributed by atoms with van der Waals surface area (Å²) in [7, 11) is 0. The van der Waals surface area contributed by atoms with Crippen LogP contribution >= 0.6 is 0 Å². The van der Waals surface area contributed by atoms with E-state index in [1.54, 1.807) is 18.3 Å². The number of aryl methyl sites for hydroxylation is 2. The molecule has 124 valence electrons. The second-order valence-corrected chi connectivity index (χ2v) is 5.71. The third-order valence-corrected chi connectivity index (χ3v) is 3.50. The number of carbonyl (C=O) groups excluding carboxylic acids is 1. The van der Waals surface area contributed by atoms with Crippen molar-refractivity contribution in [2.24, 2.45) is 5.92 Å². The van der Waals surface area contributed by atoms with Crippen LogP contribution in [0.3, 0.4) is 0 Å². The van der Waals surface area contributed by atoms with E-state index in [2.05, 4.69) is 28.4 Å². The van der Waals surface area contributed by atoms with Crippen LogP contribution in [0.25, 0.3) is 0 Å². The van der Waals surface area contributed by atoms with Gasteiger partial charge in [-0.1, -0.05) is 6.92 Å². The number of pyridine rings is 1. The Labute approximate surface area is 136 Å². The summed E-state index contributed by atoms with van der Waals surface area (Å²) in [4.78, 5) is 16.4. The molecule has 0 unspecified atom stereocenters. The van der Waals surface area contributed by atoms with Crippen molar-refractivity contribution in [3.8, 4) is 5.88 Å². The standard InChI is InChI=1S/C17H24N4O2/c1-5-23-17-15(7-6-8-18-17)16(22)19-10-12(2)11-21-14(4)9-13(3)20-21/h6-9,12H,5,10-11H2,1-4H3,(H,19,22)/t12-/m1/s1. The maximum Gasteiger partial charge on any atom is 0.256 e. The van der Waals surface area contributed by atoms with E-state index in [9.17, 15) is 4.79 Å². The molecule has 0 saturated heterocycles. The van der Waals surface area contributed by atoms with Crippen molar-refractivity contribution in [1.82, 2.24) is 20.1 Å². The van der Waals surface area contributed by atoms with Crippen LogP contribution in [0.5, 0.6) is 5.88 Å². The average Bonchev–Trinajstić information content (AvgIpc) is 2.83. The van der Waals surface area contributed by atoms with Crippen LogP contribution in [0.1, 0.15) is 35.6 Å². The summed E-state index contributed by atoms with van der Waals surface area (Å²) >= 11 is 0. The molecule has 2 rings (SSSR count). The van der Waals surface area contributed by atoms with Gasteiger partial charge in [0.2, 0.25) is 5.88 Å².